The number of ketones is 1. The summed E-state index contributed by atoms with van der Waals surface area (Å²) in [7, 11) is 0. The molecule has 0 spiro atoms. The highest BCUT2D eigenvalue weighted by Crippen LogP contribution is 2.37. The van der Waals surface area contributed by atoms with Crippen LogP contribution in [0.3, 0.4) is 0 Å². The number of amidine groups is 1. The molecule has 3 heterocycles. The van der Waals surface area contributed by atoms with Gasteiger partial charge in [0.15, 0.2) is 5.78 Å². The Balaban J connectivity index is 1.56. The van der Waals surface area contributed by atoms with Gasteiger partial charge in [0.25, 0.3) is 0 Å². The first-order valence-corrected chi connectivity index (χ1v) is 10.5. The van der Waals surface area contributed by atoms with Crippen molar-refractivity contribution in [2.75, 3.05) is 13.2 Å². The van der Waals surface area contributed by atoms with Crippen molar-refractivity contribution < 1.29 is 18.7 Å². The molecule has 0 bridgehead atoms. The van der Waals surface area contributed by atoms with Crippen LogP contribution in [0.4, 0.5) is 8.78 Å². The average molecular weight is 413 g/mol. The fourth-order valence-corrected chi connectivity index (χ4v) is 4.28. The molecular weight excluding hydrogens is 388 g/mol. The van der Waals surface area contributed by atoms with Crippen LogP contribution in [0.25, 0.3) is 0 Å². The van der Waals surface area contributed by atoms with Crippen LogP contribution in [0, 0.1) is 11.6 Å². The smallest absolute Gasteiger partial charge is 0.164 e. The average Bonchev–Trinajstić information content (AvgIpc) is 3.39. The van der Waals surface area contributed by atoms with Gasteiger partial charge in [-0.25, -0.2) is 8.78 Å². The Hall–Kier alpha value is -2.67. The number of nitrogens with zero attached hydrogens (tertiary/aromatic N) is 3. The van der Waals surface area contributed by atoms with Crippen LogP contribution in [0.1, 0.15) is 71.7 Å². The Kier molecular flexibility index (Phi) is 6.18. The molecule has 0 saturated carbocycles. The number of aromatic nitrogens is 1. The zero-order valence-electron chi connectivity index (χ0n) is 16.8. The van der Waals surface area contributed by atoms with E-state index >= 15 is 0 Å². The molecule has 158 valence electrons. The molecule has 0 radical (unpaired) electrons. The van der Waals surface area contributed by atoms with Gasteiger partial charge in [0, 0.05) is 42.5 Å². The summed E-state index contributed by atoms with van der Waals surface area (Å²) in [5, 5.41) is 8.87. The van der Waals surface area contributed by atoms with Crippen LogP contribution < -0.4 is 0 Å². The van der Waals surface area contributed by atoms with Crippen molar-refractivity contribution in [3.63, 3.8) is 0 Å². The minimum atomic E-state index is -0.456. The zero-order valence-corrected chi connectivity index (χ0v) is 16.8. The van der Waals surface area contributed by atoms with E-state index in [1.165, 1.54) is 12.1 Å². The highest BCUT2D eigenvalue weighted by Gasteiger charge is 2.34. The summed E-state index contributed by atoms with van der Waals surface area (Å²) in [5.41, 5.74) is 2.49. The van der Waals surface area contributed by atoms with Crippen LogP contribution in [0.5, 0.6) is 0 Å². The number of hydrogen-bond donors (Lipinski definition) is 1. The van der Waals surface area contributed by atoms with E-state index in [0.717, 1.165) is 36.6 Å². The Morgan fingerprint density at radius 1 is 1.20 bits per heavy atom. The van der Waals surface area contributed by atoms with Crippen molar-refractivity contribution in [3.05, 3.63) is 64.5 Å². The number of unbranched alkanes of at least 4 members (excludes halogenated alkanes) is 2. The normalized spacial score (nSPS) is 17.9. The predicted octanol–water partition coefficient (Wildman–Crippen LogP) is 4.19. The molecule has 2 aliphatic rings. The van der Waals surface area contributed by atoms with E-state index in [-0.39, 0.29) is 18.4 Å². The number of pyridine rings is 1. The molecule has 4 rings (SSSR count). The third-order valence-corrected chi connectivity index (χ3v) is 5.82. The first kappa shape index (κ1) is 20.6. The number of carbonyl (C=O) groups is 1. The van der Waals surface area contributed by atoms with E-state index in [2.05, 4.69) is 9.98 Å². The minimum Gasteiger partial charge on any atom is -0.396 e. The molecule has 0 amide bonds. The van der Waals surface area contributed by atoms with Gasteiger partial charge in [-0.1, -0.05) is 6.42 Å². The second-order valence-electron chi connectivity index (χ2n) is 7.83. The lowest BCUT2D eigenvalue weighted by Crippen LogP contribution is -2.31. The Morgan fingerprint density at radius 2 is 2.07 bits per heavy atom. The van der Waals surface area contributed by atoms with Gasteiger partial charge in [0.2, 0.25) is 0 Å². The lowest BCUT2D eigenvalue weighted by Gasteiger charge is -2.27. The standard InChI is InChI=1S/C23H25F2N3O2/c24-16-7-8-19(25)17(12-16)21-5-4-9-28(21)23-18-11-15(13-26-20(18)14-27-23)22(30)6-2-1-3-10-29/h7-8,11-13,21,29H,1-6,9-10,14H2/t21-/m1/s1. The summed E-state index contributed by atoms with van der Waals surface area (Å²) in [5.74, 6) is -0.151. The molecule has 5 nitrogen and oxygen atoms in total. The molecule has 1 atom stereocenters. The highest BCUT2D eigenvalue weighted by atomic mass is 19.1. The van der Waals surface area contributed by atoms with E-state index in [1.54, 1.807) is 6.20 Å². The molecule has 1 saturated heterocycles. The Labute approximate surface area is 174 Å². The maximum atomic E-state index is 14.4. The molecule has 30 heavy (non-hydrogen) atoms. The SMILES string of the molecule is O=C(CCCCCO)c1cnc2c(c1)C(N1CCC[C@@H]1c1cc(F)ccc1F)=NC2. The fraction of sp³-hybridized carbons (Fsp3) is 0.435. The predicted molar refractivity (Wildman–Crippen MR) is 109 cm³/mol. The third kappa shape index (κ3) is 4.12. The molecule has 2 aliphatic heterocycles. The summed E-state index contributed by atoms with van der Waals surface area (Å²) in [6.07, 6.45) is 5.80. The summed E-state index contributed by atoms with van der Waals surface area (Å²) >= 11 is 0. The number of fused-ring (bicyclic) bond motifs is 1. The van der Waals surface area contributed by atoms with Crippen LogP contribution >= 0.6 is 0 Å². The maximum Gasteiger partial charge on any atom is 0.164 e. The number of rotatable bonds is 7. The molecule has 0 unspecified atom stereocenters. The number of likely N-dealkylation sites (tertiary alicyclic amines) is 1. The molecular formula is C23H25F2N3O2. The number of aliphatic imine (C=N–C) groups is 1. The van der Waals surface area contributed by atoms with E-state index in [0.29, 0.717) is 49.3 Å². The monoisotopic (exact) mass is 413 g/mol. The summed E-state index contributed by atoms with van der Waals surface area (Å²) in [4.78, 5) is 23.6. The van der Waals surface area contributed by atoms with Gasteiger partial charge in [-0.3, -0.25) is 14.8 Å². The third-order valence-electron chi connectivity index (χ3n) is 5.82. The Bertz CT molecular complexity index is 977. The van der Waals surface area contributed by atoms with E-state index in [4.69, 9.17) is 5.11 Å². The molecule has 7 heteroatoms. The largest absolute Gasteiger partial charge is 0.396 e. The van der Waals surface area contributed by atoms with Crippen molar-refractivity contribution >= 4 is 11.6 Å². The maximum absolute atomic E-state index is 14.4. The summed E-state index contributed by atoms with van der Waals surface area (Å²) in [6, 6.07) is 5.10. The lowest BCUT2D eigenvalue weighted by atomic mass is 10.0. The number of Topliss-reactive ketones (excluding diaryl/α,β-unsaturated/α-hetero) is 1. The van der Waals surface area contributed by atoms with E-state index in [9.17, 15) is 13.6 Å². The number of hydrogen-bond acceptors (Lipinski definition) is 5. The van der Waals surface area contributed by atoms with Crippen LogP contribution in [0.15, 0.2) is 35.5 Å². The van der Waals surface area contributed by atoms with Crippen LogP contribution in [-0.2, 0) is 6.54 Å². The molecule has 0 aliphatic carbocycles. The fourth-order valence-electron chi connectivity index (χ4n) is 4.28. The number of aliphatic hydroxyl groups is 1. The topological polar surface area (TPSA) is 65.8 Å². The van der Waals surface area contributed by atoms with Gasteiger partial charge in [0.05, 0.1) is 18.3 Å². The number of carbonyl (C=O) groups excluding carboxylic acids is 1. The van der Waals surface area contributed by atoms with Crippen molar-refractivity contribution in [2.24, 2.45) is 4.99 Å². The van der Waals surface area contributed by atoms with E-state index < -0.39 is 11.6 Å². The van der Waals surface area contributed by atoms with Gasteiger partial charge in [0.1, 0.15) is 17.5 Å². The first-order valence-electron chi connectivity index (χ1n) is 10.5. The minimum absolute atomic E-state index is 0.0173. The second-order valence-corrected chi connectivity index (χ2v) is 7.83. The van der Waals surface area contributed by atoms with Gasteiger partial charge in [-0.15, -0.1) is 0 Å². The number of aliphatic hydroxyl groups excluding tert-OH is 1. The van der Waals surface area contributed by atoms with Gasteiger partial charge in [-0.05, 0) is 49.9 Å². The quantitative estimate of drug-likeness (QED) is 0.546. The summed E-state index contributed by atoms with van der Waals surface area (Å²) in [6.45, 7) is 1.25. The lowest BCUT2D eigenvalue weighted by molar-refractivity contribution is 0.0978. The van der Waals surface area contributed by atoms with Crippen molar-refractivity contribution in [2.45, 2.75) is 51.1 Å². The first-order chi connectivity index (χ1) is 14.6. The van der Waals surface area contributed by atoms with Crippen molar-refractivity contribution in [1.29, 1.82) is 0 Å². The molecule has 1 N–H and O–H groups in total. The van der Waals surface area contributed by atoms with Crippen LogP contribution in [0.2, 0.25) is 0 Å². The van der Waals surface area contributed by atoms with Gasteiger partial charge < -0.3 is 10.0 Å². The molecule has 1 fully saturated rings. The van der Waals surface area contributed by atoms with Gasteiger partial charge >= 0.3 is 0 Å². The summed E-state index contributed by atoms with van der Waals surface area (Å²) < 4.78 is 28.2. The second kappa shape index (κ2) is 9.00. The van der Waals surface area contributed by atoms with Crippen LogP contribution in [-0.4, -0.2) is 39.8 Å². The molecule has 2 aromatic rings. The molecule has 1 aromatic carbocycles. The Morgan fingerprint density at radius 3 is 2.90 bits per heavy atom. The van der Waals surface area contributed by atoms with Crippen molar-refractivity contribution in [3.8, 4) is 0 Å². The van der Waals surface area contributed by atoms with Gasteiger partial charge in [-0.2, -0.15) is 0 Å². The van der Waals surface area contributed by atoms with E-state index in [1.807, 2.05) is 11.0 Å². The zero-order chi connectivity index (χ0) is 21.1. The molecule has 1 aromatic heterocycles. The van der Waals surface area contributed by atoms with Crippen molar-refractivity contribution in [1.82, 2.24) is 9.88 Å². The number of benzene rings is 1. The number of halogens is 2. The highest BCUT2D eigenvalue weighted by molar-refractivity contribution is 6.04.